The first-order chi connectivity index (χ1) is 6.04. The molecule has 0 amide bonds. The minimum Gasteiger partial charge on any atom is -0.478 e. The lowest BCUT2D eigenvalue weighted by atomic mass is 9.92. The molecule has 1 unspecified atom stereocenters. The highest BCUT2D eigenvalue weighted by Gasteiger charge is 2.19. The summed E-state index contributed by atoms with van der Waals surface area (Å²) < 4.78 is 0. The van der Waals surface area contributed by atoms with Gasteiger partial charge < -0.3 is 10.4 Å². The molecule has 0 spiro atoms. The van der Waals surface area contributed by atoms with Crippen LogP contribution in [0.3, 0.4) is 0 Å². The van der Waals surface area contributed by atoms with Gasteiger partial charge >= 0.3 is 5.97 Å². The van der Waals surface area contributed by atoms with E-state index in [1.54, 1.807) is 20.0 Å². The van der Waals surface area contributed by atoms with Crippen molar-refractivity contribution in [2.24, 2.45) is 5.92 Å². The molecule has 0 aliphatic heterocycles. The minimum atomic E-state index is -0.870. The molecule has 0 aliphatic rings. The topological polar surface area (TPSA) is 49.3 Å². The van der Waals surface area contributed by atoms with Crippen LogP contribution in [-0.2, 0) is 4.79 Å². The molecule has 0 bridgehead atoms. The van der Waals surface area contributed by atoms with Gasteiger partial charge in [-0.3, -0.25) is 0 Å². The van der Waals surface area contributed by atoms with Gasteiger partial charge in [0, 0.05) is 18.0 Å². The summed E-state index contributed by atoms with van der Waals surface area (Å²) in [4.78, 5) is 10.8. The Labute approximate surface area is 79.2 Å². The molecule has 0 fully saturated rings. The van der Waals surface area contributed by atoms with Crippen LogP contribution in [0.15, 0.2) is 23.8 Å². The van der Waals surface area contributed by atoms with Gasteiger partial charge in [-0.05, 0) is 20.9 Å². The first kappa shape index (κ1) is 11.9. The Morgan fingerprint density at radius 1 is 1.69 bits per heavy atom. The van der Waals surface area contributed by atoms with Crippen molar-refractivity contribution in [3.05, 3.63) is 23.8 Å². The van der Waals surface area contributed by atoms with E-state index in [0.29, 0.717) is 12.1 Å². The number of nitrogens with one attached hydrogen (secondary N) is 1. The summed E-state index contributed by atoms with van der Waals surface area (Å²) in [6.07, 6.45) is 1.62. The molecule has 0 heterocycles. The number of rotatable bonds is 5. The molecule has 3 nitrogen and oxygen atoms in total. The third kappa shape index (κ3) is 3.42. The predicted octanol–water partition coefficient (Wildman–Crippen LogP) is 1.43. The molecule has 0 aromatic rings. The second kappa shape index (κ2) is 5.54. The van der Waals surface area contributed by atoms with Crippen LogP contribution in [0.4, 0.5) is 0 Å². The third-order valence-electron chi connectivity index (χ3n) is 1.94. The number of aliphatic carboxylic acids is 1. The third-order valence-corrected chi connectivity index (χ3v) is 1.94. The molecular weight excluding hydrogens is 166 g/mol. The fourth-order valence-corrected chi connectivity index (χ4v) is 1.23. The van der Waals surface area contributed by atoms with Crippen LogP contribution in [0.2, 0.25) is 0 Å². The molecule has 1 atom stereocenters. The summed E-state index contributed by atoms with van der Waals surface area (Å²) in [6, 6.07) is 0. The van der Waals surface area contributed by atoms with Gasteiger partial charge in [0.1, 0.15) is 0 Å². The van der Waals surface area contributed by atoms with Crippen molar-refractivity contribution >= 4 is 5.97 Å². The van der Waals surface area contributed by atoms with E-state index >= 15 is 0 Å². The first-order valence-electron chi connectivity index (χ1n) is 4.24. The number of carboxylic acid groups (broad SMARTS) is 1. The van der Waals surface area contributed by atoms with E-state index in [1.165, 1.54) is 0 Å². The molecule has 0 saturated carbocycles. The van der Waals surface area contributed by atoms with Crippen molar-refractivity contribution in [1.29, 1.82) is 0 Å². The summed E-state index contributed by atoms with van der Waals surface area (Å²) in [5, 5.41) is 11.8. The average Bonchev–Trinajstić information content (AvgIpc) is 2.03. The van der Waals surface area contributed by atoms with E-state index in [4.69, 9.17) is 5.11 Å². The maximum Gasteiger partial charge on any atom is 0.331 e. The van der Waals surface area contributed by atoms with Crippen molar-refractivity contribution in [2.45, 2.75) is 13.8 Å². The van der Waals surface area contributed by atoms with E-state index in [2.05, 4.69) is 11.9 Å². The maximum atomic E-state index is 10.8. The first-order valence-corrected chi connectivity index (χ1v) is 4.24. The summed E-state index contributed by atoms with van der Waals surface area (Å²) in [6.45, 7) is 7.97. The average molecular weight is 183 g/mol. The molecule has 0 saturated heterocycles. The van der Waals surface area contributed by atoms with E-state index < -0.39 is 5.97 Å². The van der Waals surface area contributed by atoms with E-state index in [9.17, 15) is 4.79 Å². The normalized spacial score (nSPS) is 13.9. The zero-order valence-corrected chi connectivity index (χ0v) is 8.42. The Kier molecular flexibility index (Phi) is 5.07. The number of carboxylic acids is 1. The number of hydrogen-bond donors (Lipinski definition) is 2. The van der Waals surface area contributed by atoms with E-state index in [-0.39, 0.29) is 5.92 Å². The van der Waals surface area contributed by atoms with Gasteiger partial charge in [0.25, 0.3) is 0 Å². The number of carbonyl (C=O) groups is 1. The summed E-state index contributed by atoms with van der Waals surface area (Å²) in [7, 11) is 1.80. The Hall–Kier alpha value is -1.09. The molecule has 0 radical (unpaired) electrons. The number of allylic oxidation sites excluding steroid dienone is 1. The Morgan fingerprint density at radius 3 is 2.46 bits per heavy atom. The van der Waals surface area contributed by atoms with Crippen LogP contribution in [0.1, 0.15) is 13.8 Å². The van der Waals surface area contributed by atoms with Gasteiger partial charge in [0.15, 0.2) is 0 Å². The van der Waals surface area contributed by atoms with Gasteiger partial charge in [-0.15, -0.1) is 0 Å². The predicted molar refractivity (Wildman–Crippen MR) is 53.6 cm³/mol. The van der Waals surface area contributed by atoms with E-state index in [0.717, 1.165) is 5.57 Å². The smallest absolute Gasteiger partial charge is 0.331 e. The van der Waals surface area contributed by atoms with Gasteiger partial charge in [-0.25, -0.2) is 4.79 Å². The zero-order valence-electron chi connectivity index (χ0n) is 8.42. The Morgan fingerprint density at radius 2 is 2.23 bits per heavy atom. The molecule has 74 valence electrons. The van der Waals surface area contributed by atoms with Crippen LogP contribution in [0, 0.1) is 5.92 Å². The monoisotopic (exact) mass is 183 g/mol. The van der Waals surface area contributed by atoms with E-state index in [1.807, 2.05) is 6.92 Å². The van der Waals surface area contributed by atoms with Gasteiger partial charge in [0.05, 0.1) is 0 Å². The largest absolute Gasteiger partial charge is 0.478 e. The van der Waals surface area contributed by atoms with Crippen molar-refractivity contribution in [1.82, 2.24) is 5.32 Å². The highest BCUT2D eigenvalue weighted by Crippen LogP contribution is 2.18. The lowest BCUT2D eigenvalue weighted by Gasteiger charge is -2.16. The van der Waals surface area contributed by atoms with Crippen molar-refractivity contribution in [3.63, 3.8) is 0 Å². The van der Waals surface area contributed by atoms with Gasteiger partial charge in [0.2, 0.25) is 0 Å². The fraction of sp³-hybridized carbons (Fsp3) is 0.500. The van der Waals surface area contributed by atoms with Crippen LogP contribution >= 0.6 is 0 Å². The fourth-order valence-electron chi connectivity index (χ4n) is 1.23. The zero-order chi connectivity index (χ0) is 10.4. The Balaban J connectivity index is 4.70. The van der Waals surface area contributed by atoms with Gasteiger partial charge in [-0.2, -0.15) is 0 Å². The standard InChI is InChI=1S/C10H17NO2/c1-5-8(10(12)13)9(6-11-4)7(2)3/h5,9,11H,2,6H2,1,3-4H3,(H,12,13)/b8-5+. The molecule has 2 N–H and O–H groups in total. The maximum absolute atomic E-state index is 10.8. The lowest BCUT2D eigenvalue weighted by molar-refractivity contribution is -0.133. The molecule has 0 aromatic carbocycles. The van der Waals surface area contributed by atoms with Crippen LogP contribution in [0.5, 0.6) is 0 Å². The SMILES string of the molecule is C=C(C)C(CNC)/C(=C\C)C(=O)O. The van der Waals surface area contributed by atoms with Crippen molar-refractivity contribution in [3.8, 4) is 0 Å². The molecule has 0 aliphatic carbocycles. The quantitative estimate of drug-likeness (QED) is 0.500. The molecular formula is C10H17NO2. The summed E-state index contributed by atoms with van der Waals surface area (Å²) >= 11 is 0. The highest BCUT2D eigenvalue weighted by molar-refractivity contribution is 5.87. The minimum absolute atomic E-state index is 0.104. The number of hydrogen-bond acceptors (Lipinski definition) is 2. The molecule has 13 heavy (non-hydrogen) atoms. The van der Waals surface area contributed by atoms with Crippen LogP contribution < -0.4 is 5.32 Å². The second-order valence-electron chi connectivity index (χ2n) is 3.01. The van der Waals surface area contributed by atoms with Crippen molar-refractivity contribution in [2.75, 3.05) is 13.6 Å². The summed E-state index contributed by atoms with van der Waals surface area (Å²) in [5.41, 5.74) is 1.27. The molecule has 0 rings (SSSR count). The second-order valence-corrected chi connectivity index (χ2v) is 3.01. The molecule has 0 aromatic heterocycles. The highest BCUT2D eigenvalue weighted by atomic mass is 16.4. The van der Waals surface area contributed by atoms with Crippen LogP contribution in [0.25, 0.3) is 0 Å². The summed E-state index contributed by atoms with van der Waals surface area (Å²) in [5.74, 6) is -0.974. The van der Waals surface area contributed by atoms with Gasteiger partial charge in [-0.1, -0.05) is 18.2 Å². The van der Waals surface area contributed by atoms with Crippen molar-refractivity contribution < 1.29 is 9.90 Å². The molecule has 3 heteroatoms. The van der Waals surface area contributed by atoms with Crippen LogP contribution in [-0.4, -0.2) is 24.7 Å². The Bertz CT molecular complexity index is 231. The lowest BCUT2D eigenvalue weighted by Crippen LogP contribution is -2.24.